The molecule has 0 saturated heterocycles. The standard InChI is InChI=1S/C24H23Cl2N3O3/c1-4-32-24(31)21(28-14-29(2)3)11-15-13-27-22(18-7-5-6-8-20(18)26)19-12-16(25)9-10-17(19)23(15)30/h5-12,14,30H,4,13H2,1-3H3/b21-11+,28-14?. The Bertz CT molecular complexity index is 1150. The third-order valence-corrected chi connectivity index (χ3v) is 5.12. The molecule has 0 fully saturated rings. The Labute approximate surface area is 197 Å². The Morgan fingerprint density at radius 3 is 2.62 bits per heavy atom. The number of carbonyl (C=O) groups excluding carboxylic acids is 1. The molecule has 6 nitrogen and oxygen atoms in total. The molecule has 2 aromatic carbocycles. The summed E-state index contributed by atoms with van der Waals surface area (Å²) in [5, 5.41) is 12.2. The normalized spacial score (nSPS) is 14.2. The number of nitrogens with zero attached hydrogens (tertiary/aromatic N) is 3. The largest absolute Gasteiger partial charge is 0.507 e. The number of esters is 1. The maximum atomic E-state index is 12.4. The molecule has 0 aromatic heterocycles. The van der Waals surface area contributed by atoms with Gasteiger partial charge in [-0.25, -0.2) is 9.79 Å². The van der Waals surface area contributed by atoms with Gasteiger partial charge in [-0.3, -0.25) is 4.99 Å². The third-order valence-electron chi connectivity index (χ3n) is 4.56. The van der Waals surface area contributed by atoms with Crippen LogP contribution < -0.4 is 0 Å². The Morgan fingerprint density at radius 1 is 1.19 bits per heavy atom. The molecule has 1 heterocycles. The van der Waals surface area contributed by atoms with Crippen LogP contribution in [0.4, 0.5) is 0 Å². The number of ether oxygens (including phenoxy) is 1. The van der Waals surface area contributed by atoms with Crippen LogP contribution in [0.15, 0.2) is 69.8 Å². The number of aliphatic hydroxyl groups excluding tert-OH is 1. The molecule has 166 valence electrons. The van der Waals surface area contributed by atoms with E-state index in [9.17, 15) is 9.90 Å². The van der Waals surface area contributed by atoms with Crippen molar-refractivity contribution in [2.45, 2.75) is 6.92 Å². The first kappa shape index (κ1) is 23.6. The highest BCUT2D eigenvalue weighted by Gasteiger charge is 2.23. The highest BCUT2D eigenvalue weighted by molar-refractivity contribution is 6.36. The van der Waals surface area contributed by atoms with E-state index >= 15 is 0 Å². The summed E-state index contributed by atoms with van der Waals surface area (Å²) in [7, 11) is 3.57. The summed E-state index contributed by atoms with van der Waals surface area (Å²) in [6.45, 7) is 2.02. The van der Waals surface area contributed by atoms with Gasteiger partial charge < -0.3 is 14.7 Å². The van der Waals surface area contributed by atoms with Crippen LogP contribution in [-0.2, 0) is 9.53 Å². The first-order valence-electron chi connectivity index (χ1n) is 9.93. The van der Waals surface area contributed by atoms with Crippen molar-refractivity contribution in [3.8, 4) is 0 Å². The molecule has 0 amide bonds. The Hall–Kier alpha value is -3.09. The van der Waals surface area contributed by atoms with Gasteiger partial charge in [0.25, 0.3) is 0 Å². The van der Waals surface area contributed by atoms with Gasteiger partial charge >= 0.3 is 5.97 Å². The first-order chi connectivity index (χ1) is 15.3. The van der Waals surface area contributed by atoms with Gasteiger partial charge in [0.05, 0.1) is 25.2 Å². The fraction of sp³-hybridized carbons (Fsp3) is 0.208. The lowest BCUT2D eigenvalue weighted by atomic mass is 9.96. The predicted octanol–water partition coefficient (Wildman–Crippen LogP) is 5.15. The second-order valence-corrected chi connectivity index (χ2v) is 8.01. The van der Waals surface area contributed by atoms with E-state index in [0.29, 0.717) is 38.0 Å². The first-order valence-corrected chi connectivity index (χ1v) is 10.7. The second kappa shape index (κ2) is 10.5. The third kappa shape index (κ3) is 5.39. The lowest BCUT2D eigenvalue weighted by molar-refractivity contribution is -0.138. The minimum absolute atomic E-state index is 0.0238. The van der Waals surface area contributed by atoms with Crippen LogP contribution in [0.2, 0.25) is 10.0 Å². The Balaban J connectivity index is 2.18. The van der Waals surface area contributed by atoms with E-state index in [1.807, 2.05) is 18.2 Å². The fourth-order valence-corrected chi connectivity index (χ4v) is 3.51. The van der Waals surface area contributed by atoms with Crippen molar-refractivity contribution in [2.24, 2.45) is 9.98 Å². The van der Waals surface area contributed by atoms with Gasteiger partial charge in [-0.1, -0.05) is 41.4 Å². The highest BCUT2D eigenvalue weighted by atomic mass is 35.5. The van der Waals surface area contributed by atoms with E-state index in [1.165, 1.54) is 12.4 Å². The zero-order valence-electron chi connectivity index (χ0n) is 18.0. The van der Waals surface area contributed by atoms with Crippen LogP contribution in [0.5, 0.6) is 0 Å². The summed E-state index contributed by atoms with van der Waals surface area (Å²) in [4.78, 5) is 23.1. The lowest BCUT2D eigenvalue weighted by Crippen LogP contribution is -2.12. The van der Waals surface area contributed by atoms with Crippen molar-refractivity contribution >= 4 is 47.0 Å². The summed E-state index contributed by atoms with van der Waals surface area (Å²) in [5.74, 6) is -0.619. The molecule has 1 N–H and O–H groups in total. The number of hydrogen-bond donors (Lipinski definition) is 1. The van der Waals surface area contributed by atoms with Gasteiger partial charge in [0.2, 0.25) is 0 Å². The van der Waals surface area contributed by atoms with E-state index in [1.54, 1.807) is 50.2 Å². The molecular formula is C24H23Cl2N3O3. The van der Waals surface area contributed by atoms with Crippen LogP contribution in [0.1, 0.15) is 23.6 Å². The maximum absolute atomic E-state index is 12.4. The molecule has 8 heteroatoms. The molecule has 0 spiro atoms. The quantitative estimate of drug-likeness (QED) is 0.273. The highest BCUT2D eigenvalue weighted by Crippen LogP contribution is 2.32. The average molecular weight is 472 g/mol. The summed E-state index contributed by atoms with van der Waals surface area (Å²) in [6.07, 6.45) is 2.98. The lowest BCUT2D eigenvalue weighted by Gasteiger charge is -2.12. The molecule has 0 radical (unpaired) electrons. The topological polar surface area (TPSA) is 74.5 Å². The summed E-state index contributed by atoms with van der Waals surface area (Å²) in [5.41, 5.74) is 2.94. The Morgan fingerprint density at radius 2 is 1.94 bits per heavy atom. The number of halogens is 2. The van der Waals surface area contributed by atoms with Gasteiger partial charge in [0, 0.05) is 46.4 Å². The van der Waals surface area contributed by atoms with Crippen LogP contribution in [-0.4, -0.2) is 55.3 Å². The predicted molar refractivity (Wildman–Crippen MR) is 130 cm³/mol. The van der Waals surface area contributed by atoms with Crippen LogP contribution in [0.3, 0.4) is 0 Å². The van der Waals surface area contributed by atoms with Crippen molar-refractivity contribution in [1.82, 2.24) is 4.90 Å². The molecule has 0 aliphatic carbocycles. The molecule has 0 unspecified atom stereocenters. The van der Waals surface area contributed by atoms with Crippen molar-refractivity contribution in [3.63, 3.8) is 0 Å². The summed E-state index contributed by atoms with van der Waals surface area (Å²) < 4.78 is 5.12. The van der Waals surface area contributed by atoms with Crippen molar-refractivity contribution in [3.05, 3.63) is 86.5 Å². The SMILES string of the molecule is CCOC(=O)/C(=C\C1=C(O)c2ccc(Cl)cc2C(c2ccccc2Cl)=NC1)N=CN(C)C. The number of aliphatic hydroxyl groups is 1. The molecule has 0 atom stereocenters. The number of aliphatic imine (C=N–C) groups is 2. The number of benzene rings is 2. The molecule has 1 aliphatic heterocycles. The minimum atomic E-state index is -0.596. The smallest absolute Gasteiger partial charge is 0.356 e. The average Bonchev–Trinajstić information content (AvgIpc) is 2.88. The second-order valence-electron chi connectivity index (χ2n) is 7.17. The summed E-state index contributed by atoms with van der Waals surface area (Å²) in [6, 6.07) is 12.5. The number of rotatable bonds is 6. The van der Waals surface area contributed by atoms with Crippen LogP contribution >= 0.6 is 23.2 Å². The maximum Gasteiger partial charge on any atom is 0.356 e. The molecule has 1 aliphatic rings. The fourth-order valence-electron chi connectivity index (χ4n) is 3.11. The van der Waals surface area contributed by atoms with Gasteiger partial charge in [0.1, 0.15) is 5.76 Å². The Kier molecular flexibility index (Phi) is 7.72. The van der Waals surface area contributed by atoms with E-state index in [0.717, 1.165) is 0 Å². The number of fused-ring (bicyclic) bond motifs is 1. The van der Waals surface area contributed by atoms with E-state index < -0.39 is 5.97 Å². The van der Waals surface area contributed by atoms with E-state index in [-0.39, 0.29) is 24.6 Å². The monoisotopic (exact) mass is 471 g/mol. The number of carbonyl (C=O) groups is 1. The summed E-state index contributed by atoms with van der Waals surface area (Å²) >= 11 is 12.7. The van der Waals surface area contributed by atoms with Crippen molar-refractivity contribution < 1.29 is 14.6 Å². The zero-order chi connectivity index (χ0) is 23.3. The van der Waals surface area contributed by atoms with Crippen LogP contribution in [0, 0.1) is 0 Å². The van der Waals surface area contributed by atoms with Gasteiger partial charge in [-0.2, -0.15) is 0 Å². The molecular weight excluding hydrogens is 449 g/mol. The molecule has 0 saturated carbocycles. The zero-order valence-corrected chi connectivity index (χ0v) is 19.5. The van der Waals surface area contributed by atoms with Gasteiger partial charge in [-0.15, -0.1) is 0 Å². The van der Waals surface area contributed by atoms with E-state index in [2.05, 4.69) is 4.99 Å². The van der Waals surface area contributed by atoms with Crippen molar-refractivity contribution in [1.29, 1.82) is 0 Å². The molecule has 2 aromatic rings. The molecule has 3 rings (SSSR count). The van der Waals surface area contributed by atoms with Gasteiger partial charge in [0.15, 0.2) is 5.70 Å². The minimum Gasteiger partial charge on any atom is -0.507 e. The van der Waals surface area contributed by atoms with Crippen molar-refractivity contribution in [2.75, 3.05) is 27.2 Å². The molecule has 0 bridgehead atoms. The number of hydrogen-bond acceptors (Lipinski definition) is 5. The van der Waals surface area contributed by atoms with Gasteiger partial charge in [-0.05, 0) is 37.3 Å². The molecule has 32 heavy (non-hydrogen) atoms. The van der Waals surface area contributed by atoms with E-state index in [4.69, 9.17) is 32.9 Å². The van der Waals surface area contributed by atoms with Crippen LogP contribution in [0.25, 0.3) is 5.76 Å².